The van der Waals surface area contributed by atoms with Crippen LogP contribution in [0.1, 0.15) is 19.3 Å². The van der Waals surface area contributed by atoms with Gasteiger partial charge in [-0.15, -0.1) is 0 Å². The number of carboxylic acids is 1. The Morgan fingerprint density at radius 1 is 1.70 bits per heavy atom. The van der Waals surface area contributed by atoms with E-state index in [0.717, 1.165) is 12.7 Å². The Hall–Kier alpha value is -0.860. The first-order valence-electron chi connectivity index (χ1n) is 3.41. The van der Waals surface area contributed by atoms with Crippen LogP contribution in [0.3, 0.4) is 0 Å². The van der Waals surface area contributed by atoms with Gasteiger partial charge in [0.05, 0.1) is 0 Å². The molecule has 1 aliphatic carbocycles. The third-order valence-corrected chi connectivity index (χ3v) is 1.88. The van der Waals surface area contributed by atoms with E-state index in [-0.39, 0.29) is 12.3 Å². The molecule has 2 atom stereocenters. The standard InChI is InChI=1S/C7H10O3/c8-4-6-3-5(6)1-2-7(9)10/h4-6H,1-3H2,(H,9,10). The molecule has 10 heavy (non-hydrogen) atoms. The first-order chi connectivity index (χ1) is 4.74. The summed E-state index contributed by atoms with van der Waals surface area (Å²) in [6, 6.07) is 0. The fourth-order valence-electron chi connectivity index (χ4n) is 1.08. The number of rotatable bonds is 4. The molecule has 1 aliphatic rings. The van der Waals surface area contributed by atoms with Crippen LogP contribution in [0.25, 0.3) is 0 Å². The van der Waals surface area contributed by atoms with Crippen LogP contribution in [0.2, 0.25) is 0 Å². The molecule has 2 unspecified atom stereocenters. The molecule has 56 valence electrons. The summed E-state index contributed by atoms with van der Waals surface area (Å²) >= 11 is 0. The molecule has 0 aliphatic heterocycles. The molecule has 1 N–H and O–H groups in total. The van der Waals surface area contributed by atoms with Crippen LogP contribution in [0.4, 0.5) is 0 Å². The fraction of sp³-hybridized carbons (Fsp3) is 0.714. The smallest absolute Gasteiger partial charge is 0.303 e. The summed E-state index contributed by atoms with van der Waals surface area (Å²) in [5.74, 6) is -0.232. The Balaban J connectivity index is 2.07. The molecule has 0 bridgehead atoms. The van der Waals surface area contributed by atoms with Crippen molar-refractivity contribution in [2.24, 2.45) is 11.8 Å². The van der Waals surface area contributed by atoms with Gasteiger partial charge in [-0.25, -0.2) is 0 Å². The monoisotopic (exact) mass is 142 g/mol. The van der Waals surface area contributed by atoms with Crippen LogP contribution in [-0.4, -0.2) is 17.4 Å². The molecule has 0 aromatic carbocycles. The topological polar surface area (TPSA) is 54.4 Å². The zero-order chi connectivity index (χ0) is 7.56. The minimum absolute atomic E-state index is 0.166. The largest absolute Gasteiger partial charge is 0.481 e. The average Bonchev–Trinajstić information content (AvgIpc) is 2.61. The lowest BCUT2D eigenvalue weighted by Gasteiger charge is -1.89. The molecule has 0 aromatic heterocycles. The van der Waals surface area contributed by atoms with Gasteiger partial charge in [0.25, 0.3) is 0 Å². The van der Waals surface area contributed by atoms with Gasteiger partial charge in [0.1, 0.15) is 6.29 Å². The van der Waals surface area contributed by atoms with E-state index < -0.39 is 5.97 Å². The number of aldehydes is 1. The summed E-state index contributed by atoms with van der Waals surface area (Å²) in [6.07, 6.45) is 2.69. The van der Waals surface area contributed by atoms with Crippen molar-refractivity contribution in [3.05, 3.63) is 0 Å². The molecule has 3 heteroatoms. The molecule has 0 amide bonds. The summed E-state index contributed by atoms with van der Waals surface area (Å²) in [4.78, 5) is 20.1. The van der Waals surface area contributed by atoms with Gasteiger partial charge in [0, 0.05) is 12.3 Å². The average molecular weight is 142 g/mol. The predicted octanol–water partition coefficient (Wildman–Crippen LogP) is 0.686. The number of carboxylic acid groups (broad SMARTS) is 1. The van der Waals surface area contributed by atoms with Gasteiger partial charge in [-0.1, -0.05) is 0 Å². The number of aliphatic carboxylic acids is 1. The van der Waals surface area contributed by atoms with E-state index in [0.29, 0.717) is 12.3 Å². The van der Waals surface area contributed by atoms with Crippen molar-refractivity contribution in [3.8, 4) is 0 Å². The van der Waals surface area contributed by atoms with Crippen molar-refractivity contribution >= 4 is 12.3 Å². The molecule has 1 rings (SSSR count). The van der Waals surface area contributed by atoms with Crippen LogP contribution in [0, 0.1) is 11.8 Å². The molecule has 0 spiro atoms. The third kappa shape index (κ3) is 1.83. The van der Waals surface area contributed by atoms with Crippen LogP contribution in [0.5, 0.6) is 0 Å². The summed E-state index contributed by atoms with van der Waals surface area (Å²) in [6.45, 7) is 0. The van der Waals surface area contributed by atoms with Gasteiger partial charge in [-0.05, 0) is 18.8 Å². The van der Waals surface area contributed by atoms with E-state index in [1.165, 1.54) is 0 Å². The van der Waals surface area contributed by atoms with Crippen molar-refractivity contribution in [2.45, 2.75) is 19.3 Å². The van der Waals surface area contributed by atoms with Gasteiger partial charge in [-0.3, -0.25) is 4.79 Å². The second-order valence-corrected chi connectivity index (χ2v) is 2.73. The van der Waals surface area contributed by atoms with E-state index in [1.54, 1.807) is 0 Å². The third-order valence-electron chi connectivity index (χ3n) is 1.88. The van der Waals surface area contributed by atoms with Gasteiger partial charge in [0.2, 0.25) is 0 Å². The maximum Gasteiger partial charge on any atom is 0.303 e. The highest BCUT2D eigenvalue weighted by Gasteiger charge is 2.36. The molecule has 0 aromatic rings. The Bertz CT molecular complexity index is 153. The zero-order valence-electron chi connectivity index (χ0n) is 5.62. The van der Waals surface area contributed by atoms with Crippen LogP contribution in [-0.2, 0) is 9.59 Å². The van der Waals surface area contributed by atoms with E-state index in [9.17, 15) is 9.59 Å². The number of hydrogen-bond acceptors (Lipinski definition) is 2. The highest BCUT2D eigenvalue weighted by Crippen LogP contribution is 2.39. The first-order valence-corrected chi connectivity index (χ1v) is 3.41. The SMILES string of the molecule is O=CC1CC1CCC(=O)O. The summed E-state index contributed by atoms with van der Waals surface area (Å²) < 4.78 is 0. The number of carbonyl (C=O) groups excluding carboxylic acids is 1. The quantitative estimate of drug-likeness (QED) is 0.587. The van der Waals surface area contributed by atoms with Crippen LogP contribution < -0.4 is 0 Å². The Labute approximate surface area is 59.0 Å². The molecule has 0 saturated heterocycles. The lowest BCUT2D eigenvalue weighted by atomic mass is 10.2. The van der Waals surface area contributed by atoms with Crippen LogP contribution >= 0.6 is 0 Å². The Morgan fingerprint density at radius 3 is 2.80 bits per heavy atom. The van der Waals surface area contributed by atoms with Crippen molar-refractivity contribution in [3.63, 3.8) is 0 Å². The molecular weight excluding hydrogens is 132 g/mol. The molecule has 1 fully saturated rings. The summed E-state index contributed by atoms with van der Waals surface area (Å²) in [7, 11) is 0. The summed E-state index contributed by atoms with van der Waals surface area (Å²) in [5.41, 5.74) is 0. The lowest BCUT2D eigenvalue weighted by Crippen LogP contribution is -1.95. The Kier molecular flexibility index (Phi) is 2.04. The van der Waals surface area contributed by atoms with Gasteiger partial charge in [0.15, 0.2) is 0 Å². The second kappa shape index (κ2) is 2.82. The minimum atomic E-state index is -0.767. The number of carbonyl (C=O) groups is 2. The molecule has 3 nitrogen and oxygen atoms in total. The highest BCUT2D eigenvalue weighted by atomic mass is 16.4. The van der Waals surface area contributed by atoms with Crippen molar-refractivity contribution in [2.75, 3.05) is 0 Å². The zero-order valence-corrected chi connectivity index (χ0v) is 5.62. The lowest BCUT2D eigenvalue weighted by molar-refractivity contribution is -0.137. The second-order valence-electron chi connectivity index (χ2n) is 2.73. The fourth-order valence-corrected chi connectivity index (χ4v) is 1.08. The molecule has 1 saturated carbocycles. The van der Waals surface area contributed by atoms with Gasteiger partial charge >= 0.3 is 5.97 Å². The van der Waals surface area contributed by atoms with Gasteiger partial charge < -0.3 is 9.90 Å². The first kappa shape index (κ1) is 7.25. The van der Waals surface area contributed by atoms with E-state index in [2.05, 4.69) is 0 Å². The number of hydrogen-bond donors (Lipinski definition) is 1. The maximum absolute atomic E-state index is 10.1. The maximum atomic E-state index is 10.1. The van der Waals surface area contributed by atoms with Gasteiger partial charge in [-0.2, -0.15) is 0 Å². The van der Waals surface area contributed by atoms with Crippen LogP contribution in [0.15, 0.2) is 0 Å². The predicted molar refractivity (Wildman–Crippen MR) is 34.5 cm³/mol. The van der Waals surface area contributed by atoms with E-state index in [1.807, 2.05) is 0 Å². The summed E-state index contributed by atoms with van der Waals surface area (Å²) in [5, 5.41) is 8.26. The van der Waals surface area contributed by atoms with E-state index in [4.69, 9.17) is 5.11 Å². The highest BCUT2D eigenvalue weighted by molar-refractivity contribution is 5.67. The Morgan fingerprint density at radius 2 is 2.40 bits per heavy atom. The van der Waals surface area contributed by atoms with E-state index >= 15 is 0 Å². The van der Waals surface area contributed by atoms with Crippen molar-refractivity contribution in [1.29, 1.82) is 0 Å². The molecule has 0 radical (unpaired) electrons. The normalized spacial score (nSPS) is 29.6. The minimum Gasteiger partial charge on any atom is -0.481 e. The van der Waals surface area contributed by atoms with Crippen molar-refractivity contribution in [1.82, 2.24) is 0 Å². The molecular formula is C7H10O3. The van der Waals surface area contributed by atoms with Crippen molar-refractivity contribution < 1.29 is 14.7 Å². The molecule has 0 heterocycles.